The van der Waals surface area contributed by atoms with Gasteiger partial charge in [-0.2, -0.15) is 0 Å². The van der Waals surface area contributed by atoms with E-state index >= 15 is 0 Å². The number of benzene rings is 3. The highest BCUT2D eigenvalue weighted by Gasteiger charge is 2.15. The SMILES string of the molecule is C=C/C(Br)=C(/C)N(C)/C(=C\C(=C)c1ccccc1Cl)NCc1cccc(CNS(=O)(=O)c2cccc(OC)c2)c1. The lowest BCUT2D eigenvalue weighted by Crippen LogP contribution is -2.28. The number of sulfonamides is 1. The van der Waals surface area contributed by atoms with Crippen LogP contribution < -0.4 is 14.8 Å². The second-order valence-electron chi connectivity index (χ2n) is 8.91. The fourth-order valence-corrected chi connectivity index (χ4v) is 5.37. The van der Waals surface area contributed by atoms with Crippen LogP contribution in [0.3, 0.4) is 0 Å². The summed E-state index contributed by atoms with van der Waals surface area (Å²) in [5.74, 6) is 1.28. The summed E-state index contributed by atoms with van der Waals surface area (Å²) in [6.45, 7) is 10.7. The summed E-state index contributed by atoms with van der Waals surface area (Å²) >= 11 is 9.97. The molecule has 6 nitrogen and oxygen atoms in total. The summed E-state index contributed by atoms with van der Waals surface area (Å²) in [6, 6.07) is 21.7. The molecule has 0 aromatic heterocycles. The molecule has 0 amide bonds. The van der Waals surface area contributed by atoms with Gasteiger partial charge >= 0.3 is 0 Å². The normalized spacial score (nSPS) is 12.4. The lowest BCUT2D eigenvalue weighted by atomic mass is 10.1. The first-order valence-corrected chi connectivity index (χ1v) is 15.0. The predicted octanol–water partition coefficient (Wildman–Crippen LogP) is 7.22. The summed E-state index contributed by atoms with van der Waals surface area (Å²) in [5.41, 5.74) is 4.34. The van der Waals surface area contributed by atoms with Gasteiger partial charge in [0.25, 0.3) is 0 Å². The quantitative estimate of drug-likeness (QED) is 0.193. The zero-order valence-electron chi connectivity index (χ0n) is 22.7. The number of nitrogens with one attached hydrogen (secondary N) is 2. The molecule has 0 saturated carbocycles. The van der Waals surface area contributed by atoms with Crippen molar-refractivity contribution in [3.63, 3.8) is 0 Å². The third kappa shape index (κ3) is 8.35. The van der Waals surface area contributed by atoms with Crippen LogP contribution in [0.5, 0.6) is 5.75 Å². The summed E-state index contributed by atoms with van der Waals surface area (Å²) in [7, 11) is -0.257. The van der Waals surface area contributed by atoms with Crippen molar-refractivity contribution in [1.82, 2.24) is 14.9 Å². The summed E-state index contributed by atoms with van der Waals surface area (Å²) in [6.07, 6.45) is 3.68. The summed E-state index contributed by atoms with van der Waals surface area (Å²) in [4.78, 5) is 2.15. The molecule has 2 N–H and O–H groups in total. The number of hydrogen-bond acceptors (Lipinski definition) is 5. The van der Waals surface area contributed by atoms with Gasteiger partial charge in [0.2, 0.25) is 10.0 Å². The van der Waals surface area contributed by atoms with Crippen molar-refractivity contribution in [2.75, 3.05) is 14.2 Å². The molecule has 0 heterocycles. The maximum atomic E-state index is 12.8. The van der Waals surface area contributed by atoms with Crippen LogP contribution in [0.15, 0.2) is 119 Å². The Balaban J connectivity index is 1.79. The van der Waals surface area contributed by atoms with E-state index < -0.39 is 10.0 Å². The van der Waals surface area contributed by atoms with Crippen LogP contribution in [0, 0.1) is 0 Å². The molecule has 0 aliphatic heterocycles. The van der Waals surface area contributed by atoms with E-state index in [4.69, 9.17) is 16.3 Å². The second-order valence-corrected chi connectivity index (χ2v) is 11.9. The van der Waals surface area contributed by atoms with Gasteiger partial charge in [-0.05, 0) is 69.4 Å². The van der Waals surface area contributed by atoms with E-state index in [0.717, 1.165) is 38.3 Å². The molecule has 0 bridgehead atoms. The predicted molar refractivity (Wildman–Crippen MR) is 168 cm³/mol. The number of hydrogen-bond donors (Lipinski definition) is 2. The van der Waals surface area contributed by atoms with Crippen LogP contribution >= 0.6 is 27.5 Å². The van der Waals surface area contributed by atoms with Crippen molar-refractivity contribution >= 4 is 43.1 Å². The zero-order valence-corrected chi connectivity index (χ0v) is 25.9. The maximum absolute atomic E-state index is 12.8. The Bertz CT molecular complexity index is 1550. The number of ether oxygens (including phenoxy) is 1. The average Bonchev–Trinajstić information content (AvgIpc) is 2.97. The second kappa shape index (κ2) is 14.4. The van der Waals surface area contributed by atoms with Gasteiger partial charge in [0.1, 0.15) is 11.6 Å². The number of nitrogens with zero attached hydrogens (tertiary/aromatic N) is 1. The Kier molecular flexibility index (Phi) is 11.2. The smallest absolute Gasteiger partial charge is 0.241 e. The molecule has 9 heteroatoms. The van der Waals surface area contributed by atoms with E-state index in [-0.39, 0.29) is 11.4 Å². The third-order valence-corrected chi connectivity index (χ3v) is 8.83. The van der Waals surface area contributed by atoms with Crippen LogP contribution in [-0.2, 0) is 23.1 Å². The van der Waals surface area contributed by atoms with Crippen LogP contribution in [0.1, 0.15) is 23.6 Å². The third-order valence-electron chi connectivity index (χ3n) is 6.20. The van der Waals surface area contributed by atoms with Crippen molar-refractivity contribution in [1.29, 1.82) is 0 Å². The Morgan fingerprint density at radius 3 is 2.40 bits per heavy atom. The largest absolute Gasteiger partial charge is 0.497 e. The van der Waals surface area contributed by atoms with Gasteiger partial charge in [-0.3, -0.25) is 0 Å². The Morgan fingerprint density at radius 2 is 1.73 bits per heavy atom. The van der Waals surface area contributed by atoms with Crippen LogP contribution in [-0.4, -0.2) is 27.5 Å². The first-order chi connectivity index (χ1) is 19.1. The zero-order chi connectivity index (χ0) is 29.3. The number of rotatable bonds is 13. The summed E-state index contributed by atoms with van der Waals surface area (Å²) in [5, 5.41) is 4.11. The average molecular weight is 643 g/mol. The van der Waals surface area contributed by atoms with E-state index in [2.05, 4.69) is 39.1 Å². The van der Waals surface area contributed by atoms with Crippen molar-refractivity contribution < 1.29 is 13.2 Å². The molecular formula is C31H33BrClN3O3S. The fraction of sp³-hybridized carbons (Fsp3) is 0.161. The lowest BCUT2D eigenvalue weighted by molar-refractivity contribution is 0.413. The molecule has 0 fully saturated rings. The molecule has 0 radical (unpaired) electrons. The minimum absolute atomic E-state index is 0.146. The standard InChI is InChI=1S/C31H33BrClN3O3S/c1-6-29(32)23(3)36(4)31(17-22(2)28-15-7-8-16-30(28)33)34-20-24-11-9-12-25(18-24)21-35-40(37,38)27-14-10-13-26(19-27)39-5/h6-19,34-35H,1-2,20-21H2,3-5H3/b29-23+,31-17-. The Hall–Kier alpha value is -3.30. The van der Waals surface area contributed by atoms with Crippen LogP contribution in [0.25, 0.3) is 5.57 Å². The van der Waals surface area contributed by atoms with Crippen molar-refractivity contribution in [3.8, 4) is 5.75 Å². The summed E-state index contributed by atoms with van der Waals surface area (Å²) < 4.78 is 34.3. The first-order valence-electron chi connectivity index (χ1n) is 12.4. The molecule has 3 aromatic carbocycles. The van der Waals surface area contributed by atoms with Crippen molar-refractivity contribution in [2.45, 2.75) is 24.9 Å². The topological polar surface area (TPSA) is 70.7 Å². The molecule has 210 valence electrons. The van der Waals surface area contributed by atoms with Gasteiger partial charge in [0.15, 0.2) is 0 Å². The minimum atomic E-state index is -3.70. The van der Waals surface area contributed by atoms with Crippen LogP contribution in [0.4, 0.5) is 0 Å². The van der Waals surface area contributed by atoms with Gasteiger partial charge in [0, 0.05) is 41.4 Å². The van der Waals surface area contributed by atoms with E-state index in [1.54, 1.807) is 18.2 Å². The van der Waals surface area contributed by atoms with E-state index in [1.807, 2.05) is 73.5 Å². The maximum Gasteiger partial charge on any atom is 0.241 e. The number of halogens is 2. The monoisotopic (exact) mass is 641 g/mol. The van der Waals surface area contributed by atoms with Gasteiger partial charge in [-0.1, -0.05) is 79.4 Å². The molecule has 3 rings (SSSR count). The molecule has 0 atom stereocenters. The molecule has 3 aromatic rings. The van der Waals surface area contributed by atoms with Gasteiger partial charge in [0.05, 0.1) is 12.0 Å². The fourth-order valence-electron chi connectivity index (χ4n) is 3.79. The van der Waals surface area contributed by atoms with Crippen molar-refractivity contribution in [2.24, 2.45) is 0 Å². The molecule has 0 aliphatic carbocycles. The highest BCUT2D eigenvalue weighted by atomic mass is 79.9. The lowest BCUT2D eigenvalue weighted by Gasteiger charge is -2.26. The highest BCUT2D eigenvalue weighted by molar-refractivity contribution is 9.11. The van der Waals surface area contributed by atoms with Crippen molar-refractivity contribution in [3.05, 3.63) is 136 Å². The van der Waals surface area contributed by atoms with E-state index in [0.29, 0.717) is 17.3 Å². The van der Waals surface area contributed by atoms with Gasteiger partial charge in [-0.25, -0.2) is 13.1 Å². The highest BCUT2D eigenvalue weighted by Crippen LogP contribution is 2.26. The van der Waals surface area contributed by atoms with E-state index in [9.17, 15) is 8.42 Å². The minimum Gasteiger partial charge on any atom is -0.497 e. The molecule has 40 heavy (non-hydrogen) atoms. The van der Waals surface area contributed by atoms with E-state index in [1.165, 1.54) is 19.2 Å². The molecule has 0 saturated heterocycles. The Morgan fingerprint density at radius 1 is 1.05 bits per heavy atom. The van der Waals surface area contributed by atoms with Crippen LogP contribution in [0.2, 0.25) is 5.02 Å². The number of methoxy groups -OCH3 is 1. The number of allylic oxidation sites excluding steroid dienone is 5. The molecular weight excluding hydrogens is 610 g/mol. The Labute approximate surface area is 250 Å². The molecule has 0 spiro atoms. The van der Waals surface area contributed by atoms with Gasteiger partial charge < -0.3 is 15.0 Å². The first kappa shape index (κ1) is 31.2. The van der Waals surface area contributed by atoms with Gasteiger partial charge in [-0.15, -0.1) is 0 Å². The molecule has 0 aliphatic rings. The molecule has 0 unspecified atom stereocenters.